The van der Waals surface area contributed by atoms with Crippen LogP contribution in [0.4, 0.5) is 0 Å². The van der Waals surface area contributed by atoms with Crippen LogP contribution in [0.2, 0.25) is 0 Å². The molecule has 12 heavy (non-hydrogen) atoms. The van der Waals surface area contributed by atoms with Gasteiger partial charge in [0.1, 0.15) is 0 Å². The van der Waals surface area contributed by atoms with Crippen molar-refractivity contribution in [2.75, 3.05) is 0 Å². The van der Waals surface area contributed by atoms with E-state index in [-0.39, 0.29) is 5.60 Å². The summed E-state index contributed by atoms with van der Waals surface area (Å²) < 4.78 is 0. The normalized spacial score (nSPS) is 19.2. The van der Waals surface area contributed by atoms with Crippen LogP contribution in [0.15, 0.2) is 24.3 Å². The molecule has 1 nitrogen and oxygen atoms in total. The number of hydrogen-bond donors (Lipinski definition) is 1. The van der Waals surface area contributed by atoms with Crippen LogP contribution in [0, 0.1) is 6.92 Å². The molecule has 0 aromatic heterocycles. The van der Waals surface area contributed by atoms with Gasteiger partial charge in [-0.1, -0.05) is 24.3 Å². The van der Waals surface area contributed by atoms with Gasteiger partial charge in [-0.2, -0.15) is 0 Å². The maximum absolute atomic E-state index is 9.71. The van der Waals surface area contributed by atoms with Gasteiger partial charge in [-0.25, -0.2) is 0 Å². The Bertz CT molecular complexity index is 287. The summed E-state index contributed by atoms with van der Waals surface area (Å²) in [4.78, 5) is 0. The van der Waals surface area contributed by atoms with Crippen molar-refractivity contribution in [1.29, 1.82) is 0 Å². The molecular weight excluding hydrogens is 148 g/mol. The Kier molecular flexibility index (Phi) is 1.69. The van der Waals surface area contributed by atoms with Gasteiger partial charge in [0.2, 0.25) is 0 Å². The summed E-state index contributed by atoms with van der Waals surface area (Å²) in [6.45, 7) is 2.10. The second kappa shape index (κ2) is 2.60. The second-order valence-corrected chi connectivity index (χ2v) is 3.83. The zero-order valence-electron chi connectivity index (χ0n) is 7.38. The Morgan fingerprint density at radius 1 is 1.33 bits per heavy atom. The van der Waals surface area contributed by atoms with Gasteiger partial charge in [0.15, 0.2) is 0 Å². The maximum atomic E-state index is 9.71. The van der Waals surface area contributed by atoms with Crippen molar-refractivity contribution in [3.63, 3.8) is 0 Å². The van der Waals surface area contributed by atoms with Crippen molar-refractivity contribution in [3.8, 4) is 0 Å². The first-order valence-corrected chi connectivity index (χ1v) is 4.47. The Balaban J connectivity index is 2.17. The van der Waals surface area contributed by atoms with Gasteiger partial charge in [0.05, 0.1) is 5.60 Å². The molecule has 0 amide bonds. The summed E-state index contributed by atoms with van der Waals surface area (Å²) in [6.07, 6.45) is 2.78. The first-order chi connectivity index (χ1) is 5.70. The Morgan fingerprint density at radius 2 is 2.00 bits per heavy atom. The molecule has 1 aromatic carbocycles. The lowest BCUT2D eigenvalue weighted by molar-refractivity contribution is 0.151. The van der Waals surface area contributed by atoms with Gasteiger partial charge in [-0.05, 0) is 30.9 Å². The standard InChI is InChI=1S/C11H14O/c1-9-4-2-3-5-10(9)8-11(12)6-7-11/h2-5,12H,6-8H2,1H3. The zero-order chi connectivity index (χ0) is 8.60. The summed E-state index contributed by atoms with van der Waals surface area (Å²) >= 11 is 0. The van der Waals surface area contributed by atoms with Crippen molar-refractivity contribution >= 4 is 0 Å². The number of aryl methyl sites for hydroxylation is 1. The minimum atomic E-state index is -0.355. The van der Waals surface area contributed by atoms with Crippen molar-refractivity contribution in [3.05, 3.63) is 35.4 Å². The van der Waals surface area contributed by atoms with Crippen molar-refractivity contribution < 1.29 is 5.11 Å². The van der Waals surface area contributed by atoms with Crippen LogP contribution in [0.25, 0.3) is 0 Å². The van der Waals surface area contributed by atoms with Crippen LogP contribution in [0.3, 0.4) is 0 Å². The number of benzene rings is 1. The van der Waals surface area contributed by atoms with Crippen LogP contribution in [-0.4, -0.2) is 10.7 Å². The van der Waals surface area contributed by atoms with Gasteiger partial charge in [-0.15, -0.1) is 0 Å². The smallest absolute Gasteiger partial charge is 0.0690 e. The average molecular weight is 162 g/mol. The van der Waals surface area contributed by atoms with Gasteiger partial charge in [0.25, 0.3) is 0 Å². The Labute approximate surface area is 73.0 Å². The lowest BCUT2D eigenvalue weighted by atomic mass is 10.0. The fourth-order valence-electron chi connectivity index (χ4n) is 1.48. The van der Waals surface area contributed by atoms with Crippen LogP contribution in [-0.2, 0) is 6.42 Å². The molecule has 0 bridgehead atoms. The molecular formula is C11H14O. The molecule has 0 aliphatic heterocycles. The molecule has 0 unspecified atom stereocenters. The monoisotopic (exact) mass is 162 g/mol. The molecule has 0 radical (unpaired) electrons. The van der Waals surface area contributed by atoms with Crippen molar-refractivity contribution in [2.24, 2.45) is 0 Å². The highest BCUT2D eigenvalue weighted by Crippen LogP contribution is 2.38. The van der Waals surface area contributed by atoms with E-state index in [1.807, 2.05) is 12.1 Å². The third-order valence-corrected chi connectivity index (χ3v) is 2.61. The first kappa shape index (κ1) is 7.81. The Morgan fingerprint density at radius 3 is 2.58 bits per heavy atom. The third kappa shape index (κ3) is 1.51. The van der Waals surface area contributed by atoms with Crippen LogP contribution < -0.4 is 0 Å². The largest absolute Gasteiger partial charge is 0.390 e. The van der Waals surface area contributed by atoms with E-state index in [0.29, 0.717) is 0 Å². The molecule has 1 fully saturated rings. The molecule has 1 aliphatic rings. The van der Waals surface area contributed by atoms with Crippen LogP contribution in [0.5, 0.6) is 0 Å². The van der Waals surface area contributed by atoms with Crippen molar-refractivity contribution in [1.82, 2.24) is 0 Å². The summed E-state index contributed by atoms with van der Waals surface area (Å²) in [7, 11) is 0. The molecule has 1 heteroatoms. The highest BCUT2D eigenvalue weighted by atomic mass is 16.3. The van der Waals surface area contributed by atoms with E-state index in [0.717, 1.165) is 19.3 Å². The summed E-state index contributed by atoms with van der Waals surface area (Å²) in [6, 6.07) is 8.27. The molecule has 64 valence electrons. The molecule has 1 aliphatic carbocycles. The van der Waals surface area contributed by atoms with Crippen molar-refractivity contribution in [2.45, 2.75) is 31.8 Å². The topological polar surface area (TPSA) is 20.2 Å². The van der Waals surface area contributed by atoms with E-state index in [1.54, 1.807) is 0 Å². The average Bonchev–Trinajstić information content (AvgIpc) is 2.74. The molecule has 0 spiro atoms. The fraction of sp³-hybridized carbons (Fsp3) is 0.455. The van der Waals surface area contributed by atoms with E-state index >= 15 is 0 Å². The molecule has 0 atom stereocenters. The van der Waals surface area contributed by atoms with Gasteiger partial charge in [-0.3, -0.25) is 0 Å². The van der Waals surface area contributed by atoms with E-state index in [4.69, 9.17) is 0 Å². The lowest BCUT2D eigenvalue weighted by Crippen LogP contribution is -2.11. The quantitative estimate of drug-likeness (QED) is 0.705. The molecule has 0 saturated heterocycles. The van der Waals surface area contributed by atoms with E-state index in [9.17, 15) is 5.11 Å². The fourth-order valence-corrected chi connectivity index (χ4v) is 1.48. The minimum absolute atomic E-state index is 0.355. The van der Waals surface area contributed by atoms with Gasteiger partial charge in [0, 0.05) is 6.42 Å². The summed E-state index contributed by atoms with van der Waals surface area (Å²) in [5.74, 6) is 0. The van der Waals surface area contributed by atoms with E-state index < -0.39 is 0 Å². The lowest BCUT2D eigenvalue weighted by Gasteiger charge is -2.09. The first-order valence-electron chi connectivity index (χ1n) is 4.47. The second-order valence-electron chi connectivity index (χ2n) is 3.83. The summed E-state index contributed by atoms with van der Waals surface area (Å²) in [5.41, 5.74) is 2.22. The SMILES string of the molecule is Cc1ccccc1CC1(O)CC1. The molecule has 1 aromatic rings. The number of aliphatic hydroxyl groups is 1. The number of rotatable bonds is 2. The summed E-state index contributed by atoms with van der Waals surface area (Å²) in [5, 5.41) is 9.71. The van der Waals surface area contributed by atoms with Crippen LogP contribution >= 0.6 is 0 Å². The molecule has 1 N–H and O–H groups in total. The molecule has 2 rings (SSSR count). The predicted octanol–water partition coefficient (Wildman–Crippen LogP) is 2.06. The highest BCUT2D eigenvalue weighted by Gasteiger charge is 2.40. The van der Waals surface area contributed by atoms with E-state index in [1.165, 1.54) is 11.1 Å². The van der Waals surface area contributed by atoms with Crippen LogP contribution in [0.1, 0.15) is 24.0 Å². The molecule has 1 saturated carbocycles. The predicted molar refractivity (Wildman–Crippen MR) is 49.1 cm³/mol. The number of hydrogen-bond acceptors (Lipinski definition) is 1. The van der Waals surface area contributed by atoms with Gasteiger partial charge < -0.3 is 5.11 Å². The molecule has 0 heterocycles. The Hall–Kier alpha value is -0.820. The minimum Gasteiger partial charge on any atom is -0.390 e. The maximum Gasteiger partial charge on any atom is 0.0690 e. The van der Waals surface area contributed by atoms with Gasteiger partial charge >= 0.3 is 0 Å². The zero-order valence-corrected chi connectivity index (χ0v) is 7.38. The highest BCUT2D eigenvalue weighted by molar-refractivity contribution is 5.28. The third-order valence-electron chi connectivity index (χ3n) is 2.61. The van der Waals surface area contributed by atoms with E-state index in [2.05, 4.69) is 19.1 Å².